The van der Waals surface area contributed by atoms with Gasteiger partial charge in [-0.25, -0.2) is 4.79 Å². The molecular weight excluding hydrogens is 452 g/mol. The number of rotatable bonds is 5. The number of carbonyl (C=O) groups excluding carboxylic acids is 5. The summed E-state index contributed by atoms with van der Waals surface area (Å²) in [5.74, 6) is -1.57. The first-order valence-electron chi connectivity index (χ1n) is 12.1. The van der Waals surface area contributed by atoms with Gasteiger partial charge in [-0.15, -0.1) is 0 Å². The Morgan fingerprint density at radius 3 is 2.40 bits per heavy atom. The van der Waals surface area contributed by atoms with Crippen LogP contribution >= 0.6 is 0 Å². The zero-order valence-electron chi connectivity index (χ0n) is 20.4. The molecule has 35 heavy (non-hydrogen) atoms. The van der Waals surface area contributed by atoms with Gasteiger partial charge in [0.2, 0.25) is 11.8 Å². The third-order valence-electron chi connectivity index (χ3n) is 6.59. The van der Waals surface area contributed by atoms with E-state index in [1.54, 1.807) is 23.1 Å². The minimum atomic E-state index is -0.969. The van der Waals surface area contributed by atoms with Crippen molar-refractivity contribution in [2.75, 3.05) is 25.0 Å². The van der Waals surface area contributed by atoms with Crippen LogP contribution in [0.25, 0.3) is 0 Å². The standard InChI is InChI=1S/C25H32N4O6/c1-25(2,3)35-24(34)28-12-9-15(10-13-28)8-11-26-16-4-5-17-18(14-16)23(33)29(22(17)32)19-6-7-20(30)27-21(19)31/h4-5,14-15,19,26H,6-13H2,1-3H3,(H,27,30,31). The van der Waals surface area contributed by atoms with Crippen LogP contribution in [-0.4, -0.2) is 70.8 Å². The average Bonchev–Trinajstić information content (AvgIpc) is 3.03. The summed E-state index contributed by atoms with van der Waals surface area (Å²) in [6.07, 6.45) is 2.67. The second kappa shape index (κ2) is 9.67. The number of anilines is 1. The Kier molecular flexibility index (Phi) is 6.82. The number of nitrogens with one attached hydrogen (secondary N) is 2. The summed E-state index contributed by atoms with van der Waals surface area (Å²) in [6, 6.07) is 4.03. The van der Waals surface area contributed by atoms with Crippen molar-refractivity contribution in [1.82, 2.24) is 15.1 Å². The first kappa shape index (κ1) is 24.7. The Morgan fingerprint density at radius 1 is 1.06 bits per heavy atom. The smallest absolute Gasteiger partial charge is 0.410 e. The zero-order chi connectivity index (χ0) is 25.3. The highest BCUT2D eigenvalue weighted by Crippen LogP contribution is 2.30. The second-order valence-corrected chi connectivity index (χ2v) is 10.3. The summed E-state index contributed by atoms with van der Waals surface area (Å²) >= 11 is 0. The van der Waals surface area contributed by atoms with Gasteiger partial charge in [0, 0.05) is 31.7 Å². The monoisotopic (exact) mass is 484 g/mol. The van der Waals surface area contributed by atoms with E-state index in [0.717, 1.165) is 29.8 Å². The molecule has 1 unspecified atom stereocenters. The third kappa shape index (κ3) is 5.47. The van der Waals surface area contributed by atoms with Crippen molar-refractivity contribution < 1.29 is 28.7 Å². The molecule has 2 fully saturated rings. The van der Waals surface area contributed by atoms with Crippen molar-refractivity contribution in [3.63, 3.8) is 0 Å². The van der Waals surface area contributed by atoms with Gasteiger partial charge in [0.25, 0.3) is 11.8 Å². The van der Waals surface area contributed by atoms with Crippen LogP contribution in [0.1, 0.15) is 73.6 Å². The molecule has 1 atom stereocenters. The van der Waals surface area contributed by atoms with Crippen molar-refractivity contribution >= 4 is 35.4 Å². The number of benzene rings is 1. The van der Waals surface area contributed by atoms with E-state index in [9.17, 15) is 24.0 Å². The van der Waals surface area contributed by atoms with E-state index in [4.69, 9.17) is 4.74 Å². The number of ether oxygens (including phenoxy) is 1. The van der Waals surface area contributed by atoms with E-state index in [2.05, 4.69) is 10.6 Å². The number of likely N-dealkylation sites (tertiary alicyclic amines) is 1. The Labute approximate surface area is 204 Å². The van der Waals surface area contributed by atoms with Gasteiger partial charge < -0.3 is 15.0 Å². The number of piperidine rings is 2. The first-order chi connectivity index (χ1) is 16.5. The largest absolute Gasteiger partial charge is 0.444 e. The van der Waals surface area contributed by atoms with Crippen LogP contribution in [0.15, 0.2) is 18.2 Å². The fourth-order valence-corrected chi connectivity index (χ4v) is 4.73. The molecule has 3 heterocycles. The quantitative estimate of drug-likeness (QED) is 0.615. The molecular formula is C25H32N4O6. The lowest BCUT2D eigenvalue weighted by molar-refractivity contribution is -0.136. The normalized spacial score (nSPS) is 21.2. The molecule has 0 spiro atoms. The van der Waals surface area contributed by atoms with Gasteiger partial charge in [-0.05, 0) is 70.6 Å². The molecule has 10 heteroatoms. The van der Waals surface area contributed by atoms with Crippen LogP contribution < -0.4 is 10.6 Å². The summed E-state index contributed by atoms with van der Waals surface area (Å²) in [7, 11) is 0. The van der Waals surface area contributed by atoms with Gasteiger partial charge in [-0.1, -0.05) is 0 Å². The Morgan fingerprint density at radius 2 is 1.74 bits per heavy atom. The van der Waals surface area contributed by atoms with Crippen molar-refractivity contribution in [2.45, 2.75) is 64.5 Å². The lowest BCUT2D eigenvalue weighted by Gasteiger charge is -2.33. The van der Waals surface area contributed by atoms with Crippen molar-refractivity contribution in [2.24, 2.45) is 5.92 Å². The molecule has 2 saturated heterocycles. The fraction of sp³-hybridized carbons (Fsp3) is 0.560. The Bertz CT molecular complexity index is 1050. The van der Waals surface area contributed by atoms with Gasteiger partial charge in [0.05, 0.1) is 11.1 Å². The average molecular weight is 485 g/mol. The molecule has 0 aromatic heterocycles. The summed E-state index contributed by atoms with van der Waals surface area (Å²) in [5, 5.41) is 5.52. The Hall–Kier alpha value is -3.43. The van der Waals surface area contributed by atoms with E-state index >= 15 is 0 Å². The van der Waals surface area contributed by atoms with Gasteiger partial charge in [0.1, 0.15) is 11.6 Å². The predicted molar refractivity (Wildman–Crippen MR) is 127 cm³/mol. The van der Waals surface area contributed by atoms with Crippen LogP contribution in [0.4, 0.5) is 10.5 Å². The number of hydrogen-bond donors (Lipinski definition) is 2. The molecule has 3 aliphatic heterocycles. The molecule has 3 aliphatic rings. The summed E-state index contributed by atoms with van der Waals surface area (Å²) < 4.78 is 5.44. The molecule has 4 rings (SSSR count). The maximum atomic E-state index is 12.9. The second-order valence-electron chi connectivity index (χ2n) is 10.3. The van der Waals surface area contributed by atoms with Gasteiger partial charge in [-0.2, -0.15) is 0 Å². The number of fused-ring (bicyclic) bond motifs is 1. The molecule has 5 amide bonds. The van der Waals surface area contributed by atoms with Crippen molar-refractivity contribution in [3.8, 4) is 0 Å². The van der Waals surface area contributed by atoms with E-state index in [1.165, 1.54) is 0 Å². The van der Waals surface area contributed by atoms with E-state index < -0.39 is 35.3 Å². The summed E-state index contributed by atoms with van der Waals surface area (Å²) in [6.45, 7) is 7.61. The predicted octanol–water partition coefficient (Wildman–Crippen LogP) is 2.54. The lowest BCUT2D eigenvalue weighted by Crippen LogP contribution is -2.54. The van der Waals surface area contributed by atoms with E-state index in [-0.39, 0.29) is 30.1 Å². The maximum Gasteiger partial charge on any atom is 0.410 e. The molecule has 0 aliphatic carbocycles. The zero-order valence-corrected chi connectivity index (χ0v) is 20.4. The van der Waals surface area contributed by atoms with E-state index in [1.807, 2.05) is 20.8 Å². The summed E-state index contributed by atoms with van der Waals surface area (Å²) in [5.41, 5.74) is 0.745. The maximum absolute atomic E-state index is 12.9. The van der Waals surface area contributed by atoms with Crippen LogP contribution in [0.3, 0.4) is 0 Å². The number of hydrogen-bond acceptors (Lipinski definition) is 7. The fourth-order valence-electron chi connectivity index (χ4n) is 4.73. The minimum absolute atomic E-state index is 0.0906. The number of carbonyl (C=O) groups is 5. The number of amides is 5. The molecule has 0 saturated carbocycles. The minimum Gasteiger partial charge on any atom is -0.444 e. The molecule has 1 aromatic carbocycles. The highest BCUT2D eigenvalue weighted by molar-refractivity contribution is 6.23. The van der Waals surface area contributed by atoms with Crippen LogP contribution in [0.2, 0.25) is 0 Å². The molecule has 188 valence electrons. The number of nitrogens with zero attached hydrogens (tertiary/aromatic N) is 2. The molecule has 10 nitrogen and oxygen atoms in total. The highest BCUT2D eigenvalue weighted by Gasteiger charge is 2.44. The van der Waals surface area contributed by atoms with Gasteiger partial charge in [0.15, 0.2) is 0 Å². The first-order valence-corrected chi connectivity index (χ1v) is 12.1. The SMILES string of the molecule is CC(C)(C)OC(=O)N1CCC(CCNc2ccc3c(c2)C(=O)N(C2CCC(=O)NC2=O)C3=O)CC1. The topological polar surface area (TPSA) is 125 Å². The van der Waals surface area contributed by atoms with Gasteiger partial charge in [-0.3, -0.25) is 29.4 Å². The van der Waals surface area contributed by atoms with Gasteiger partial charge >= 0.3 is 6.09 Å². The van der Waals surface area contributed by atoms with Crippen LogP contribution in [0, 0.1) is 5.92 Å². The molecule has 0 radical (unpaired) electrons. The third-order valence-corrected chi connectivity index (χ3v) is 6.59. The van der Waals surface area contributed by atoms with Crippen LogP contribution in [0.5, 0.6) is 0 Å². The van der Waals surface area contributed by atoms with Crippen molar-refractivity contribution in [1.29, 1.82) is 0 Å². The Balaban J connectivity index is 1.29. The van der Waals surface area contributed by atoms with E-state index in [0.29, 0.717) is 25.6 Å². The van der Waals surface area contributed by atoms with Crippen LogP contribution in [-0.2, 0) is 14.3 Å². The lowest BCUT2D eigenvalue weighted by atomic mass is 9.93. The molecule has 1 aromatic rings. The summed E-state index contributed by atoms with van der Waals surface area (Å²) in [4.78, 5) is 64.3. The number of imide groups is 2. The molecule has 2 N–H and O–H groups in total. The highest BCUT2D eigenvalue weighted by atomic mass is 16.6. The van der Waals surface area contributed by atoms with Crippen molar-refractivity contribution in [3.05, 3.63) is 29.3 Å². The molecule has 0 bridgehead atoms.